The summed E-state index contributed by atoms with van der Waals surface area (Å²) in [5, 5.41) is 6.89. The summed E-state index contributed by atoms with van der Waals surface area (Å²) in [7, 11) is 0. The molecule has 1 amide bonds. The summed E-state index contributed by atoms with van der Waals surface area (Å²) >= 11 is 0. The number of hydrogen-bond donors (Lipinski definition) is 1. The van der Waals surface area contributed by atoms with E-state index in [0.717, 1.165) is 29.2 Å². The van der Waals surface area contributed by atoms with Gasteiger partial charge >= 0.3 is 0 Å². The quantitative estimate of drug-likeness (QED) is 0.390. The van der Waals surface area contributed by atoms with Crippen LogP contribution in [0.3, 0.4) is 0 Å². The fourth-order valence-electron chi connectivity index (χ4n) is 5.04. The largest absolute Gasteiger partial charge is 0.489 e. The monoisotopic (exact) mass is 517 g/mol. The van der Waals surface area contributed by atoms with E-state index < -0.39 is 6.04 Å². The lowest BCUT2D eigenvalue weighted by Gasteiger charge is -2.29. The second kappa shape index (κ2) is 11.4. The summed E-state index contributed by atoms with van der Waals surface area (Å²) < 4.78 is 8.34. The Morgan fingerprint density at radius 1 is 1.05 bits per heavy atom. The molecule has 1 saturated carbocycles. The summed E-state index contributed by atoms with van der Waals surface area (Å²) in [6, 6.07) is 13.2. The molecular formula is C29H31N3O6. The number of aryl methyl sites for hydroxylation is 2. The summed E-state index contributed by atoms with van der Waals surface area (Å²) in [5.74, 6) is 1.29. The number of Topliss-reactive ketones (excluding diaryl/α,β-unsaturated/α-hetero) is 2. The maximum absolute atomic E-state index is 13.0. The van der Waals surface area contributed by atoms with Crippen LogP contribution in [-0.2, 0) is 34.1 Å². The molecule has 2 aromatic carbocycles. The lowest BCUT2D eigenvalue weighted by molar-refractivity contribution is -0.133. The summed E-state index contributed by atoms with van der Waals surface area (Å²) in [5.41, 5.74) is 5.84. The fraction of sp³-hybridized carbons (Fsp3) is 0.345. The summed E-state index contributed by atoms with van der Waals surface area (Å²) in [6.45, 7) is 7.37. The molecule has 3 aromatic rings. The lowest BCUT2D eigenvalue weighted by atomic mass is 9.92. The van der Waals surface area contributed by atoms with E-state index in [1.807, 2.05) is 26.0 Å². The predicted molar refractivity (Wildman–Crippen MR) is 139 cm³/mol. The number of hydrogen-bond acceptors (Lipinski definition) is 6. The molecule has 9 nitrogen and oxygen atoms in total. The third-order valence-electron chi connectivity index (χ3n) is 7.18. The van der Waals surface area contributed by atoms with Gasteiger partial charge in [0.2, 0.25) is 0 Å². The minimum absolute atomic E-state index is 0.0455. The highest BCUT2D eigenvalue weighted by Gasteiger charge is 2.39. The van der Waals surface area contributed by atoms with Crippen LogP contribution in [0.15, 0.2) is 42.5 Å². The Kier molecular flexibility index (Phi) is 8.05. The molecule has 2 heterocycles. The van der Waals surface area contributed by atoms with Gasteiger partial charge in [0.15, 0.2) is 5.78 Å². The molecule has 0 bridgehead atoms. The number of ether oxygens (including phenoxy) is 1. The molecule has 1 aliphatic carbocycles. The van der Waals surface area contributed by atoms with Gasteiger partial charge < -0.3 is 19.3 Å². The number of ketones is 2. The second-order valence-corrected chi connectivity index (χ2v) is 9.58. The normalized spacial score (nSPS) is 16.7. The van der Waals surface area contributed by atoms with Crippen molar-refractivity contribution >= 4 is 23.9 Å². The van der Waals surface area contributed by atoms with Crippen molar-refractivity contribution in [2.75, 3.05) is 0 Å². The first-order valence-electron chi connectivity index (χ1n) is 12.5. The zero-order valence-corrected chi connectivity index (χ0v) is 21.8. The molecular weight excluding hydrogens is 486 g/mol. The number of rotatable bonds is 6. The third-order valence-corrected chi connectivity index (χ3v) is 7.18. The smallest absolute Gasteiger partial charge is 0.290 e. The minimum atomic E-state index is -0.528. The zero-order chi connectivity index (χ0) is 27.4. The van der Waals surface area contributed by atoms with E-state index in [0.29, 0.717) is 37.3 Å². The van der Waals surface area contributed by atoms with Crippen LogP contribution in [0.2, 0.25) is 0 Å². The van der Waals surface area contributed by atoms with E-state index in [2.05, 4.69) is 40.7 Å². The molecule has 1 atom stereocenters. The Balaban J connectivity index is 0.00000107. The highest BCUT2D eigenvalue weighted by Crippen LogP contribution is 2.34. The molecule has 1 N–H and O–H groups in total. The summed E-state index contributed by atoms with van der Waals surface area (Å²) in [6.07, 6.45) is 0.664. The van der Waals surface area contributed by atoms with E-state index >= 15 is 0 Å². The van der Waals surface area contributed by atoms with Gasteiger partial charge in [-0.25, -0.2) is 4.98 Å². The molecule has 9 heteroatoms. The number of fused-ring (bicyclic) bond motifs is 1. The van der Waals surface area contributed by atoms with Crippen LogP contribution in [0.1, 0.15) is 63.5 Å². The molecule has 0 saturated heterocycles. The maximum atomic E-state index is 13.0. The Bertz CT molecular complexity index is 1380. The topological polar surface area (TPSA) is 119 Å². The van der Waals surface area contributed by atoms with Crippen molar-refractivity contribution in [1.82, 2.24) is 14.5 Å². The van der Waals surface area contributed by atoms with Crippen LogP contribution in [0.5, 0.6) is 5.75 Å². The first-order valence-corrected chi connectivity index (χ1v) is 12.5. The summed E-state index contributed by atoms with van der Waals surface area (Å²) in [4.78, 5) is 51.5. The van der Waals surface area contributed by atoms with Crippen LogP contribution in [0.4, 0.5) is 0 Å². The van der Waals surface area contributed by atoms with Crippen molar-refractivity contribution in [2.24, 2.45) is 0 Å². The average molecular weight is 518 g/mol. The van der Waals surface area contributed by atoms with E-state index in [1.54, 1.807) is 11.0 Å². The standard InChI is InChI=1S/C28H29N3O4.CH2O2/c1-17-18(2)30(19(3)29-17)14-20-7-9-21(10-8-20)16-35-27-6-4-5-23-24(27)15-31(28(23)34)25-12-11-22(32)13-26(25)33;2-1-3/h4-10,25H,11-16H2,1-3H3;1H,(H,2,3). The zero-order valence-electron chi connectivity index (χ0n) is 21.8. The molecule has 0 spiro atoms. The van der Waals surface area contributed by atoms with E-state index in [-0.39, 0.29) is 30.4 Å². The molecule has 198 valence electrons. The van der Waals surface area contributed by atoms with Gasteiger partial charge in [0.05, 0.1) is 24.7 Å². The number of amides is 1. The van der Waals surface area contributed by atoms with Gasteiger partial charge in [-0.1, -0.05) is 30.3 Å². The van der Waals surface area contributed by atoms with Crippen molar-refractivity contribution in [3.63, 3.8) is 0 Å². The number of benzene rings is 2. The van der Waals surface area contributed by atoms with Crippen LogP contribution in [0, 0.1) is 20.8 Å². The SMILES string of the molecule is Cc1nc(C)n(Cc2ccc(COc3cccc4c3CN(C3CCC(=O)CC3=O)C4=O)cc2)c1C.O=CO. The Morgan fingerprint density at radius 2 is 1.74 bits per heavy atom. The van der Waals surface area contributed by atoms with Gasteiger partial charge in [-0.05, 0) is 50.5 Å². The van der Waals surface area contributed by atoms with Crippen LogP contribution >= 0.6 is 0 Å². The van der Waals surface area contributed by atoms with E-state index in [1.165, 1.54) is 11.3 Å². The van der Waals surface area contributed by atoms with Gasteiger partial charge in [-0.2, -0.15) is 0 Å². The van der Waals surface area contributed by atoms with Crippen LogP contribution in [0.25, 0.3) is 0 Å². The lowest BCUT2D eigenvalue weighted by Crippen LogP contribution is -2.44. The Morgan fingerprint density at radius 3 is 2.37 bits per heavy atom. The third kappa shape index (κ3) is 5.51. The van der Waals surface area contributed by atoms with E-state index in [9.17, 15) is 14.4 Å². The van der Waals surface area contributed by atoms with Crippen molar-refractivity contribution in [2.45, 2.75) is 65.8 Å². The number of carbonyl (C=O) groups excluding carboxylic acids is 3. The first-order chi connectivity index (χ1) is 18.2. The number of carbonyl (C=O) groups is 4. The van der Waals surface area contributed by atoms with Gasteiger partial charge in [0, 0.05) is 29.8 Å². The number of carboxylic acid groups (broad SMARTS) is 1. The van der Waals surface area contributed by atoms with Crippen molar-refractivity contribution in [3.8, 4) is 5.75 Å². The molecule has 1 aliphatic heterocycles. The van der Waals surface area contributed by atoms with Crippen LogP contribution < -0.4 is 4.74 Å². The maximum Gasteiger partial charge on any atom is 0.290 e. The van der Waals surface area contributed by atoms with Crippen molar-refractivity contribution in [3.05, 3.63) is 81.9 Å². The molecule has 5 rings (SSSR count). The van der Waals surface area contributed by atoms with Gasteiger partial charge in [0.25, 0.3) is 12.4 Å². The average Bonchev–Trinajstić information content (AvgIpc) is 3.35. The molecule has 1 fully saturated rings. The van der Waals surface area contributed by atoms with E-state index in [4.69, 9.17) is 14.6 Å². The number of imidazole rings is 1. The minimum Gasteiger partial charge on any atom is -0.489 e. The predicted octanol–water partition coefficient (Wildman–Crippen LogP) is 3.78. The molecule has 1 unspecified atom stereocenters. The molecule has 1 aromatic heterocycles. The first kappa shape index (κ1) is 26.8. The number of nitrogens with zero attached hydrogens (tertiary/aromatic N) is 3. The molecule has 0 radical (unpaired) electrons. The Hall–Kier alpha value is -4.27. The van der Waals surface area contributed by atoms with Gasteiger partial charge in [0.1, 0.15) is 24.0 Å². The second-order valence-electron chi connectivity index (χ2n) is 9.58. The molecule has 2 aliphatic rings. The molecule has 38 heavy (non-hydrogen) atoms. The highest BCUT2D eigenvalue weighted by molar-refractivity contribution is 6.07. The van der Waals surface area contributed by atoms with Crippen LogP contribution in [-0.4, -0.2) is 49.5 Å². The van der Waals surface area contributed by atoms with Gasteiger partial charge in [-0.3, -0.25) is 19.2 Å². The van der Waals surface area contributed by atoms with Crippen molar-refractivity contribution < 1.29 is 29.0 Å². The van der Waals surface area contributed by atoms with Gasteiger partial charge in [-0.15, -0.1) is 0 Å². The fourth-order valence-corrected chi connectivity index (χ4v) is 5.04. The number of aromatic nitrogens is 2. The van der Waals surface area contributed by atoms with Crippen molar-refractivity contribution in [1.29, 1.82) is 0 Å². The highest BCUT2D eigenvalue weighted by atomic mass is 16.5. The Labute approximate surface area is 221 Å².